The minimum absolute atomic E-state index is 0.742. The third kappa shape index (κ3) is 7.86. The van der Waals surface area contributed by atoms with E-state index in [1.54, 1.807) is 11.1 Å². The fraction of sp³-hybridized carbons (Fsp3) is 0.706. The number of carboxylic acids is 1. The number of rotatable bonds is 2. The summed E-state index contributed by atoms with van der Waals surface area (Å²) in [6.07, 6.45) is 7.78. The molecule has 0 heterocycles. The number of aliphatic carboxylic acids is 1. The maximum absolute atomic E-state index is 9.00. The maximum atomic E-state index is 9.00. The lowest BCUT2D eigenvalue weighted by atomic mass is 9.76. The van der Waals surface area contributed by atoms with E-state index >= 15 is 0 Å². The zero-order valence-corrected chi connectivity index (χ0v) is 13.4. The van der Waals surface area contributed by atoms with Gasteiger partial charge in [-0.15, -0.1) is 0 Å². The van der Waals surface area contributed by atoms with Gasteiger partial charge in [-0.2, -0.15) is 0 Å². The minimum atomic E-state index is -0.833. The molecule has 0 aromatic rings. The highest BCUT2D eigenvalue weighted by Gasteiger charge is 2.22. The van der Waals surface area contributed by atoms with Crippen molar-refractivity contribution in [2.75, 3.05) is 0 Å². The molecule has 19 heavy (non-hydrogen) atoms. The number of carbonyl (C=O) groups is 1. The SMILES string of the molecule is CC(=O)O.CC/C(C)=C1\C[C@H](C)CC[C@H]1C=C(C)C. The molecule has 0 aromatic heterocycles. The molecule has 0 aliphatic heterocycles. The van der Waals surface area contributed by atoms with Gasteiger partial charge in [0.1, 0.15) is 0 Å². The second kappa shape index (κ2) is 8.95. The summed E-state index contributed by atoms with van der Waals surface area (Å²) in [4.78, 5) is 9.00. The van der Waals surface area contributed by atoms with Crippen molar-refractivity contribution >= 4 is 5.97 Å². The zero-order chi connectivity index (χ0) is 15.0. The van der Waals surface area contributed by atoms with Crippen molar-refractivity contribution in [2.45, 2.75) is 67.2 Å². The Hall–Kier alpha value is -1.05. The first-order chi connectivity index (χ1) is 8.77. The van der Waals surface area contributed by atoms with Crippen LogP contribution in [0.4, 0.5) is 0 Å². The predicted octanol–water partition coefficient (Wildman–Crippen LogP) is 5.21. The fourth-order valence-corrected chi connectivity index (χ4v) is 2.57. The van der Waals surface area contributed by atoms with Gasteiger partial charge in [0.15, 0.2) is 0 Å². The molecular weight excluding hydrogens is 236 g/mol. The van der Waals surface area contributed by atoms with E-state index in [0.29, 0.717) is 0 Å². The van der Waals surface area contributed by atoms with Gasteiger partial charge >= 0.3 is 0 Å². The molecule has 1 N–H and O–H groups in total. The highest BCUT2D eigenvalue weighted by molar-refractivity contribution is 5.62. The van der Waals surface area contributed by atoms with Gasteiger partial charge in [0.05, 0.1) is 0 Å². The van der Waals surface area contributed by atoms with Gasteiger partial charge in [0.2, 0.25) is 0 Å². The summed E-state index contributed by atoms with van der Waals surface area (Å²) in [6.45, 7) is 12.5. The van der Waals surface area contributed by atoms with E-state index in [2.05, 4.69) is 40.7 Å². The Kier molecular flexibility index (Phi) is 8.46. The molecule has 1 rings (SSSR count). The average Bonchev–Trinajstić information content (AvgIpc) is 2.29. The van der Waals surface area contributed by atoms with E-state index in [-0.39, 0.29) is 0 Å². The summed E-state index contributed by atoms with van der Waals surface area (Å²) < 4.78 is 0. The molecule has 1 aliphatic carbocycles. The van der Waals surface area contributed by atoms with Crippen LogP contribution in [0.5, 0.6) is 0 Å². The van der Waals surface area contributed by atoms with Crippen LogP contribution in [-0.4, -0.2) is 11.1 Å². The van der Waals surface area contributed by atoms with Crippen LogP contribution in [0.3, 0.4) is 0 Å². The van der Waals surface area contributed by atoms with E-state index in [9.17, 15) is 0 Å². The van der Waals surface area contributed by atoms with Crippen molar-refractivity contribution in [1.29, 1.82) is 0 Å². The summed E-state index contributed by atoms with van der Waals surface area (Å²) in [5, 5.41) is 7.42. The fourth-order valence-electron chi connectivity index (χ4n) is 2.57. The van der Waals surface area contributed by atoms with Crippen LogP contribution >= 0.6 is 0 Å². The van der Waals surface area contributed by atoms with Gasteiger partial charge in [-0.1, -0.05) is 36.6 Å². The maximum Gasteiger partial charge on any atom is 0.300 e. The Morgan fingerprint density at radius 2 is 1.79 bits per heavy atom. The Labute approximate surface area is 118 Å². The molecule has 2 atom stereocenters. The van der Waals surface area contributed by atoms with E-state index in [4.69, 9.17) is 9.90 Å². The lowest BCUT2D eigenvalue weighted by Gasteiger charge is -2.29. The van der Waals surface area contributed by atoms with Crippen molar-refractivity contribution < 1.29 is 9.90 Å². The molecule has 0 amide bonds. The third-order valence-electron chi connectivity index (χ3n) is 3.60. The predicted molar refractivity (Wildman–Crippen MR) is 82.2 cm³/mol. The number of carboxylic acid groups (broad SMARTS) is 1. The summed E-state index contributed by atoms with van der Waals surface area (Å²) >= 11 is 0. The van der Waals surface area contributed by atoms with Crippen molar-refractivity contribution in [2.24, 2.45) is 11.8 Å². The Morgan fingerprint density at radius 3 is 2.21 bits per heavy atom. The Balaban J connectivity index is 0.000000711. The van der Waals surface area contributed by atoms with Gasteiger partial charge in [0, 0.05) is 6.92 Å². The highest BCUT2D eigenvalue weighted by Crippen LogP contribution is 2.37. The summed E-state index contributed by atoms with van der Waals surface area (Å²) in [6, 6.07) is 0. The number of hydrogen-bond acceptors (Lipinski definition) is 1. The van der Waals surface area contributed by atoms with Gasteiger partial charge in [-0.25, -0.2) is 0 Å². The van der Waals surface area contributed by atoms with Gasteiger partial charge < -0.3 is 5.11 Å². The monoisotopic (exact) mass is 266 g/mol. The number of allylic oxidation sites excluding steroid dienone is 4. The topological polar surface area (TPSA) is 37.3 Å². The van der Waals surface area contributed by atoms with Crippen LogP contribution in [0.25, 0.3) is 0 Å². The number of hydrogen-bond donors (Lipinski definition) is 1. The molecule has 2 heteroatoms. The average molecular weight is 266 g/mol. The molecule has 0 radical (unpaired) electrons. The van der Waals surface area contributed by atoms with Gasteiger partial charge in [-0.3, -0.25) is 4.79 Å². The highest BCUT2D eigenvalue weighted by atomic mass is 16.4. The second-order valence-corrected chi connectivity index (χ2v) is 5.92. The van der Waals surface area contributed by atoms with Crippen molar-refractivity contribution in [3.63, 3.8) is 0 Å². The molecule has 0 spiro atoms. The van der Waals surface area contributed by atoms with Crippen LogP contribution in [0.15, 0.2) is 22.8 Å². The first kappa shape index (κ1) is 17.9. The molecule has 0 aromatic carbocycles. The second-order valence-electron chi connectivity index (χ2n) is 5.92. The van der Waals surface area contributed by atoms with Crippen molar-refractivity contribution in [3.05, 3.63) is 22.8 Å². The lowest BCUT2D eigenvalue weighted by molar-refractivity contribution is -0.134. The molecule has 0 bridgehead atoms. The first-order valence-corrected chi connectivity index (χ1v) is 7.30. The standard InChI is InChI=1S/C15H26.C2H4O2/c1-6-13(5)15-10-12(4)7-8-14(15)9-11(2)3;1-2(3)4/h9,12,14H,6-8,10H2,1-5H3;1H3,(H,3,4)/b15-13+;/t12-,14+;/m1./s1. The summed E-state index contributed by atoms with van der Waals surface area (Å²) in [5.41, 5.74) is 4.83. The molecule has 1 fully saturated rings. The van der Waals surface area contributed by atoms with E-state index in [1.165, 1.54) is 31.3 Å². The van der Waals surface area contributed by atoms with Crippen molar-refractivity contribution in [1.82, 2.24) is 0 Å². The third-order valence-corrected chi connectivity index (χ3v) is 3.60. The molecular formula is C17H30O2. The lowest BCUT2D eigenvalue weighted by Crippen LogP contribution is -2.15. The molecule has 0 saturated heterocycles. The van der Waals surface area contributed by atoms with E-state index in [0.717, 1.165) is 18.8 Å². The Morgan fingerprint density at radius 1 is 1.26 bits per heavy atom. The van der Waals surface area contributed by atoms with E-state index < -0.39 is 5.97 Å². The van der Waals surface area contributed by atoms with Gasteiger partial charge in [-0.05, 0) is 58.3 Å². The normalized spacial score (nSPS) is 24.9. The van der Waals surface area contributed by atoms with Crippen LogP contribution in [0.2, 0.25) is 0 Å². The Bertz CT molecular complexity index is 342. The van der Waals surface area contributed by atoms with Crippen LogP contribution in [0, 0.1) is 11.8 Å². The van der Waals surface area contributed by atoms with Crippen molar-refractivity contribution in [3.8, 4) is 0 Å². The minimum Gasteiger partial charge on any atom is -0.481 e. The molecule has 1 aliphatic rings. The quantitative estimate of drug-likeness (QED) is 0.697. The van der Waals surface area contributed by atoms with Crippen LogP contribution < -0.4 is 0 Å². The molecule has 110 valence electrons. The van der Waals surface area contributed by atoms with E-state index in [1.807, 2.05) is 0 Å². The molecule has 2 nitrogen and oxygen atoms in total. The van der Waals surface area contributed by atoms with Crippen LogP contribution in [-0.2, 0) is 4.79 Å². The summed E-state index contributed by atoms with van der Waals surface area (Å²) in [5.74, 6) is 0.800. The van der Waals surface area contributed by atoms with Gasteiger partial charge in [0.25, 0.3) is 5.97 Å². The zero-order valence-electron chi connectivity index (χ0n) is 13.4. The smallest absolute Gasteiger partial charge is 0.300 e. The molecule has 1 saturated carbocycles. The van der Waals surface area contributed by atoms with Crippen LogP contribution in [0.1, 0.15) is 67.2 Å². The summed E-state index contributed by atoms with van der Waals surface area (Å²) in [7, 11) is 0. The first-order valence-electron chi connectivity index (χ1n) is 7.30. The molecule has 0 unspecified atom stereocenters. The largest absolute Gasteiger partial charge is 0.481 e.